The van der Waals surface area contributed by atoms with Crippen LogP contribution in [0.5, 0.6) is 0 Å². The van der Waals surface area contributed by atoms with Crippen molar-refractivity contribution in [2.75, 3.05) is 0 Å². The van der Waals surface area contributed by atoms with Crippen molar-refractivity contribution >= 4 is 5.97 Å². The Balaban J connectivity index is 0.00000156. The maximum atomic E-state index is 12.8. The van der Waals surface area contributed by atoms with Gasteiger partial charge >= 0.3 is 41.7 Å². The number of hydrogen-bond donors (Lipinski definition) is 1. The van der Waals surface area contributed by atoms with Gasteiger partial charge in [0, 0.05) is 6.42 Å². The molecule has 3 rings (SSSR count). The van der Waals surface area contributed by atoms with Gasteiger partial charge in [-0.2, -0.15) is 13.2 Å². The van der Waals surface area contributed by atoms with Crippen LogP contribution in [0.1, 0.15) is 24.2 Å². The van der Waals surface area contributed by atoms with Crippen LogP contribution in [0.15, 0.2) is 54.6 Å². The summed E-state index contributed by atoms with van der Waals surface area (Å²) in [5.74, 6) is -1.18. The van der Waals surface area contributed by atoms with Crippen molar-refractivity contribution in [3.63, 3.8) is 0 Å². The van der Waals surface area contributed by atoms with E-state index in [4.69, 9.17) is 4.74 Å². The maximum absolute atomic E-state index is 12.8. The third-order valence-electron chi connectivity index (χ3n) is 3.88. The summed E-state index contributed by atoms with van der Waals surface area (Å²) in [4.78, 5) is 11.6. The molecule has 2 unspecified atom stereocenters. The third kappa shape index (κ3) is 3.67. The molecule has 0 amide bonds. The third-order valence-corrected chi connectivity index (χ3v) is 3.88. The molecule has 7 heteroatoms. The average Bonchev–Trinajstić information content (AvgIpc) is 3.23. The van der Waals surface area contributed by atoms with E-state index in [0.717, 1.165) is 12.1 Å². The Morgan fingerprint density at radius 1 is 1.17 bits per heavy atom. The predicted molar refractivity (Wildman–Crippen MR) is 76.9 cm³/mol. The summed E-state index contributed by atoms with van der Waals surface area (Å²) < 4.78 is 43.7. The topological polar surface area (TPSA) is 49.8 Å². The van der Waals surface area contributed by atoms with Crippen LogP contribution in [0.25, 0.3) is 0 Å². The number of hydrogen-bond acceptors (Lipinski definition) is 2. The Morgan fingerprint density at radius 2 is 1.83 bits per heavy atom. The van der Waals surface area contributed by atoms with Crippen LogP contribution in [0.4, 0.5) is 13.2 Å². The van der Waals surface area contributed by atoms with E-state index in [2.05, 4.69) is 0 Å². The molecule has 0 radical (unpaired) electrons. The van der Waals surface area contributed by atoms with Crippen LogP contribution in [0, 0.1) is 0 Å². The summed E-state index contributed by atoms with van der Waals surface area (Å²) in [5, 5.41) is 9.48. The standard InChI is InChI=1S/C17H13F3O3.Na.H/c18-17(19,20)13-8-4-5-11(9-13)10-16(15(21)22)14(23-16)12-6-2-1-3-7-12;;/h1-9,14H,10H2,(H,21,22);;/q;+1;-1. The zero-order chi connectivity index (χ0) is 16.7. The minimum Gasteiger partial charge on any atom is -1.00 e. The molecule has 2 aromatic rings. The maximum Gasteiger partial charge on any atom is 1.00 e. The molecule has 1 fully saturated rings. The number of carboxylic acids is 1. The number of carboxylic acid groups (broad SMARTS) is 1. The van der Waals surface area contributed by atoms with Crippen LogP contribution < -0.4 is 29.6 Å². The molecule has 0 saturated carbocycles. The van der Waals surface area contributed by atoms with Crippen LogP contribution >= 0.6 is 0 Å². The van der Waals surface area contributed by atoms with Crippen molar-refractivity contribution in [2.45, 2.75) is 24.3 Å². The molecule has 0 aliphatic carbocycles. The van der Waals surface area contributed by atoms with E-state index in [-0.39, 0.29) is 43.0 Å². The normalized spacial score (nSPS) is 22.5. The predicted octanol–water partition coefficient (Wildman–Crippen LogP) is 0.959. The molecule has 2 aromatic carbocycles. The van der Waals surface area contributed by atoms with Gasteiger partial charge in [-0.25, -0.2) is 4.79 Å². The van der Waals surface area contributed by atoms with Crippen molar-refractivity contribution in [1.82, 2.24) is 0 Å². The number of benzene rings is 2. The molecule has 122 valence electrons. The molecule has 1 aliphatic rings. The number of halogens is 3. The first-order valence-electron chi connectivity index (χ1n) is 6.95. The summed E-state index contributed by atoms with van der Waals surface area (Å²) >= 11 is 0. The fraction of sp³-hybridized carbons (Fsp3) is 0.235. The molecule has 1 N–H and O–H groups in total. The van der Waals surface area contributed by atoms with Crippen molar-refractivity contribution < 1.29 is 58.8 Å². The Bertz CT molecular complexity index is 739. The monoisotopic (exact) mass is 346 g/mol. The van der Waals surface area contributed by atoms with E-state index in [9.17, 15) is 23.1 Å². The molecule has 0 aromatic heterocycles. The van der Waals surface area contributed by atoms with Gasteiger partial charge in [0.05, 0.1) is 5.56 Å². The van der Waals surface area contributed by atoms with Gasteiger partial charge in [0.25, 0.3) is 0 Å². The van der Waals surface area contributed by atoms with Gasteiger partial charge in [0.1, 0.15) is 6.10 Å². The van der Waals surface area contributed by atoms with E-state index in [0.29, 0.717) is 5.56 Å². The van der Waals surface area contributed by atoms with Gasteiger partial charge in [-0.15, -0.1) is 0 Å². The first-order valence-corrected chi connectivity index (χ1v) is 6.95. The van der Waals surface area contributed by atoms with Gasteiger partial charge in [-0.1, -0.05) is 48.5 Å². The number of carbonyl (C=O) groups is 1. The van der Waals surface area contributed by atoms with Crippen molar-refractivity contribution in [3.8, 4) is 0 Å². The molecule has 24 heavy (non-hydrogen) atoms. The summed E-state index contributed by atoms with van der Waals surface area (Å²) in [7, 11) is 0. The van der Waals surface area contributed by atoms with E-state index in [1.807, 2.05) is 0 Å². The molecular formula is C17H14F3NaO3. The zero-order valence-electron chi connectivity index (χ0n) is 13.9. The molecule has 0 spiro atoms. The van der Waals surface area contributed by atoms with Crippen LogP contribution in [-0.2, 0) is 22.1 Å². The van der Waals surface area contributed by atoms with Crippen molar-refractivity contribution in [3.05, 3.63) is 71.3 Å². The van der Waals surface area contributed by atoms with Gasteiger partial charge in [0.2, 0.25) is 0 Å². The summed E-state index contributed by atoms with van der Waals surface area (Å²) in [6.45, 7) is 0. The first-order chi connectivity index (χ1) is 10.8. The van der Waals surface area contributed by atoms with E-state index < -0.39 is 29.4 Å². The number of alkyl halides is 3. The molecule has 3 nitrogen and oxygen atoms in total. The van der Waals surface area contributed by atoms with E-state index >= 15 is 0 Å². The quantitative estimate of drug-likeness (QED) is 0.663. The van der Waals surface area contributed by atoms with Gasteiger partial charge in [0.15, 0.2) is 5.60 Å². The molecule has 2 atom stereocenters. The van der Waals surface area contributed by atoms with Crippen LogP contribution in [0.3, 0.4) is 0 Å². The van der Waals surface area contributed by atoms with Gasteiger partial charge in [-0.3, -0.25) is 0 Å². The molecule has 1 aliphatic heterocycles. The second-order valence-corrected chi connectivity index (χ2v) is 5.48. The smallest absolute Gasteiger partial charge is 1.00 e. The number of ether oxygens (including phenoxy) is 1. The van der Waals surface area contributed by atoms with Crippen molar-refractivity contribution in [2.24, 2.45) is 0 Å². The molecule has 1 saturated heterocycles. The first kappa shape index (κ1) is 19.0. The Kier molecular flexibility index (Phi) is 5.44. The number of epoxide rings is 1. The number of aliphatic carboxylic acids is 1. The fourth-order valence-electron chi connectivity index (χ4n) is 2.67. The summed E-state index contributed by atoms with van der Waals surface area (Å²) in [5.41, 5.74) is -1.33. The second kappa shape index (κ2) is 6.88. The SMILES string of the molecule is O=C(O)C1(Cc2cccc(C(F)(F)F)c2)OC1c1ccccc1.[H-].[Na+]. The van der Waals surface area contributed by atoms with Crippen LogP contribution in [-0.4, -0.2) is 16.7 Å². The largest absolute Gasteiger partial charge is 1.00 e. The van der Waals surface area contributed by atoms with Crippen molar-refractivity contribution in [1.29, 1.82) is 0 Å². The van der Waals surface area contributed by atoms with Gasteiger partial charge < -0.3 is 11.3 Å². The molecule has 1 heterocycles. The van der Waals surface area contributed by atoms with E-state index in [1.165, 1.54) is 12.1 Å². The zero-order valence-corrected chi connectivity index (χ0v) is 14.9. The van der Waals surface area contributed by atoms with E-state index in [1.54, 1.807) is 30.3 Å². The van der Waals surface area contributed by atoms with Gasteiger partial charge in [-0.05, 0) is 17.2 Å². The minimum atomic E-state index is -4.46. The summed E-state index contributed by atoms with van der Waals surface area (Å²) in [6.07, 6.45) is -5.24. The fourth-order valence-corrected chi connectivity index (χ4v) is 2.67. The Morgan fingerprint density at radius 3 is 2.42 bits per heavy atom. The Hall–Kier alpha value is -1.34. The summed E-state index contributed by atoms with van der Waals surface area (Å²) in [6, 6.07) is 13.5. The molecular weight excluding hydrogens is 332 g/mol. The second-order valence-electron chi connectivity index (χ2n) is 5.48. The average molecular weight is 346 g/mol. The minimum absolute atomic E-state index is 0. The number of rotatable bonds is 4. The Labute approximate surface area is 160 Å². The van der Waals surface area contributed by atoms with Crippen LogP contribution in [0.2, 0.25) is 0 Å². The molecule has 0 bridgehead atoms.